The second-order valence-corrected chi connectivity index (χ2v) is 9.89. The van der Waals surface area contributed by atoms with Crippen molar-refractivity contribution in [3.05, 3.63) is 66.0 Å². The van der Waals surface area contributed by atoms with E-state index in [0.29, 0.717) is 15.2 Å². The zero-order valence-electron chi connectivity index (χ0n) is 17.2. The highest BCUT2D eigenvalue weighted by atomic mass is 32.2. The van der Waals surface area contributed by atoms with Crippen LogP contribution in [-0.2, 0) is 11.3 Å². The van der Waals surface area contributed by atoms with E-state index in [-0.39, 0.29) is 17.0 Å². The number of carbonyl (C=O) groups is 1. The monoisotopic (exact) mass is 457 g/mol. The van der Waals surface area contributed by atoms with Crippen LogP contribution in [0.4, 0.5) is 15.2 Å². The first-order valence-electron chi connectivity index (χ1n) is 10.2. The molecule has 1 atom stereocenters. The summed E-state index contributed by atoms with van der Waals surface area (Å²) in [5.74, 6) is -0.231. The minimum atomic E-state index is -0.346. The van der Waals surface area contributed by atoms with E-state index in [1.54, 1.807) is 18.2 Å². The van der Waals surface area contributed by atoms with E-state index in [2.05, 4.69) is 44.7 Å². The maximum atomic E-state index is 13.8. The fourth-order valence-corrected chi connectivity index (χ4v) is 5.40. The predicted octanol–water partition coefficient (Wildman–Crippen LogP) is 4.25. The number of hydrogen-bond donors (Lipinski definition) is 1. The Morgan fingerprint density at radius 1 is 1.10 bits per heavy atom. The summed E-state index contributed by atoms with van der Waals surface area (Å²) in [7, 11) is 0. The number of para-hydroxylation sites is 1. The van der Waals surface area contributed by atoms with Crippen LogP contribution in [-0.4, -0.2) is 57.3 Å². The van der Waals surface area contributed by atoms with Crippen molar-refractivity contribution in [1.29, 1.82) is 0 Å². The molecule has 31 heavy (non-hydrogen) atoms. The third kappa shape index (κ3) is 5.81. The first kappa shape index (κ1) is 21.7. The molecule has 0 aliphatic carbocycles. The highest BCUT2D eigenvalue weighted by molar-refractivity contribution is 8.02. The Bertz CT molecular complexity index is 1010. The van der Waals surface area contributed by atoms with E-state index in [1.807, 2.05) is 17.9 Å². The number of anilines is 2. The van der Waals surface area contributed by atoms with Crippen molar-refractivity contribution >= 4 is 39.8 Å². The fourth-order valence-electron chi connectivity index (χ4n) is 3.41. The molecule has 0 spiro atoms. The second kappa shape index (κ2) is 10.2. The molecular weight excluding hydrogens is 433 g/mol. The minimum absolute atomic E-state index is 0.114. The Kier molecular flexibility index (Phi) is 7.16. The average Bonchev–Trinajstić information content (AvgIpc) is 3.23. The van der Waals surface area contributed by atoms with Crippen LogP contribution in [0.15, 0.2) is 58.9 Å². The number of benzene rings is 2. The van der Waals surface area contributed by atoms with Crippen LogP contribution < -0.4 is 5.32 Å². The molecule has 1 N–H and O–H groups in total. The van der Waals surface area contributed by atoms with E-state index in [0.717, 1.165) is 32.7 Å². The Labute approximate surface area is 189 Å². The van der Waals surface area contributed by atoms with Crippen molar-refractivity contribution in [3.63, 3.8) is 0 Å². The molecule has 6 nitrogen and oxygen atoms in total. The fraction of sp³-hybridized carbons (Fsp3) is 0.318. The van der Waals surface area contributed by atoms with Crippen LogP contribution >= 0.6 is 23.1 Å². The summed E-state index contributed by atoms with van der Waals surface area (Å²) >= 11 is 2.71. The molecule has 2 heterocycles. The summed E-state index contributed by atoms with van der Waals surface area (Å²) < 4.78 is 14.5. The predicted molar refractivity (Wildman–Crippen MR) is 123 cm³/mol. The van der Waals surface area contributed by atoms with Crippen molar-refractivity contribution in [3.8, 4) is 0 Å². The molecule has 0 saturated carbocycles. The standard InChI is InChI=1S/C22H24FN5OS2/c1-16(30-22-26-25-21(31-22)24-19-10-6-5-9-18(19)23)20(29)28-13-11-27(12-14-28)15-17-7-3-2-4-8-17/h2-10,16H,11-15H2,1H3,(H,24,25)/t16-/m1/s1. The molecule has 0 bridgehead atoms. The Balaban J connectivity index is 1.26. The van der Waals surface area contributed by atoms with E-state index in [4.69, 9.17) is 0 Å². The number of nitrogens with zero attached hydrogens (tertiary/aromatic N) is 4. The molecule has 2 aromatic carbocycles. The highest BCUT2D eigenvalue weighted by Gasteiger charge is 2.26. The third-order valence-corrected chi connectivity index (χ3v) is 7.09. The minimum Gasteiger partial charge on any atom is -0.339 e. The number of thioether (sulfide) groups is 1. The van der Waals surface area contributed by atoms with Gasteiger partial charge in [0, 0.05) is 32.7 Å². The summed E-state index contributed by atoms with van der Waals surface area (Å²) in [5.41, 5.74) is 1.65. The van der Waals surface area contributed by atoms with Crippen LogP contribution in [0.25, 0.3) is 0 Å². The topological polar surface area (TPSA) is 61.4 Å². The molecule has 1 aliphatic rings. The van der Waals surface area contributed by atoms with Crippen molar-refractivity contribution in [2.45, 2.75) is 23.1 Å². The van der Waals surface area contributed by atoms with Crippen molar-refractivity contribution in [2.24, 2.45) is 0 Å². The third-order valence-electron chi connectivity index (χ3n) is 5.08. The summed E-state index contributed by atoms with van der Waals surface area (Å²) in [5, 5.41) is 11.4. The van der Waals surface area contributed by atoms with E-state index in [1.165, 1.54) is 34.7 Å². The van der Waals surface area contributed by atoms with E-state index < -0.39 is 0 Å². The quantitative estimate of drug-likeness (QED) is 0.536. The van der Waals surface area contributed by atoms with Crippen LogP contribution in [0, 0.1) is 5.82 Å². The zero-order chi connectivity index (χ0) is 21.6. The first-order valence-corrected chi connectivity index (χ1v) is 11.8. The molecule has 9 heteroatoms. The van der Waals surface area contributed by atoms with Gasteiger partial charge in [0.2, 0.25) is 11.0 Å². The van der Waals surface area contributed by atoms with Gasteiger partial charge in [0.15, 0.2) is 4.34 Å². The Hall–Kier alpha value is -2.49. The molecule has 1 saturated heterocycles. The molecule has 4 rings (SSSR count). The molecule has 0 unspecified atom stereocenters. The lowest BCUT2D eigenvalue weighted by Crippen LogP contribution is -2.50. The van der Waals surface area contributed by atoms with Crippen LogP contribution in [0.2, 0.25) is 0 Å². The number of halogens is 1. The highest BCUT2D eigenvalue weighted by Crippen LogP contribution is 2.31. The molecule has 3 aromatic rings. The number of nitrogens with one attached hydrogen (secondary N) is 1. The maximum Gasteiger partial charge on any atom is 0.235 e. The van der Waals surface area contributed by atoms with Gasteiger partial charge in [-0.1, -0.05) is 65.6 Å². The molecule has 1 fully saturated rings. The van der Waals surface area contributed by atoms with Gasteiger partial charge in [0.25, 0.3) is 0 Å². The first-order chi connectivity index (χ1) is 15.1. The van der Waals surface area contributed by atoms with Crippen LogP contribution in [0.1, 0.15) is 12.5 Å². The van der Waals surface area contributed by atoms with Crippen molar-refractivity contribution < 1.29 is 9.18 Å². The van der Waals surface area contributed by atoms with E-state index >= 15 is 0 Å². The van der Waals surface area contributed by atoms with Crippen LogP contribution in [0.3, 0.4) is 0 Å². The largest absolute Gasteiger partial charge is 0.339 e. The average molecular weight is 458 g/mol. The summed E-state index contributed by atoms with van der Waals surface area (Å²) in [6.07, 6.45) is 0. The van der Waals surface area contributed by atoms with Gasteiger partial charge in [-0.25, -0.2) is 4.39 Å². The second-order valence-electron chi connectivity index (χ2n) is 7.33. The SMILES string of the molecule is C[C@@H](Sc1nnc(Nc2ccccc2F)s1)C(=O)N1CCN(Cc2ccccc2)CC1. The summed E-state index contributed by atoms with van der Waals surface area (Å²) in [6.45, 7) is 6.01. The van der Waals surface area contributed by atoms with Crippen molar-refractivity contribution in [1.82, 2.24) is 20.0 Å². The smallest absolute Gasteiger partial charge is 0.235 e. The molecule has 0 radical (unpaired) electrons. The maximum absolute atomic E-state index is 13.8. The number of piperazine rings is 1. The lowest BCUT2D eigenvalue weighted by molar-refractivity contribution is -0.132. The van der Waals surface area contributed by atoms with Crippen molar-refractivity contribution in [2.75, 3.05) is 31.5 Å². The van der Waals surface area contributed by atoms with Gasteiger partial charge in [-0.05, 0) is 24.6 Å². The zero-order valence-corrected chi connectivity index (χ0v) is 18.8. The Morgan fingerprint density at radius 3 is 2.55 bits per heavy atom. The van der Waals surface area contributed by atoms with Crippen LogP contribution in [0.5, 0.6) is 0 Å². The van der Waals surface area contributed by atoms with Gasteiger partial charge in [-0.15, -0.1) is 10.2 Å². The molecule has 1 aliphatic heterocycles. The summed E-state index contributed by atoms with van der Waals surface area (Å²) in [6, 6.07) is 16.8. The van der Waals surface area contributed by atoms with Gasteiger partial charge < -0.3 is 10.2 Å². The number of aromatic nitrogens is 2. The lowest BCUT2D eigenvalue weighted by Gasteiger charge is -2.35. The van der Waals surface area contributed by atoms with Gasteiger partial charge in [-0.2, -0.15) is 0 Å². The van der Waals surface area contributed by atoms with Gasteiger partial charge >= 0.3 is 0 Å². The molecule has 1 aromatic heterocycles. The lowest BCUT2D eigenvalue weighted by atomic mass is 10.2. The van der Waals surface area contributed by atoms with Gasteiger partial charge in [0.05, 0.1) is 10.9 Å². The molecule has 162 valence electrons. The molecular formula is C22H24FN5OS2. The Morgan fingerprint density at radius 2 is 1.81 bits per heavy atom. The number of amides is 1. The normalized spacial score (nSPS) is 15.6. The number of rotatable bonds is 7. The summed E-state index contributed by atoms with van der Waals surface area (Å²) in [4.78, 5) is 17.2. The number of carbonyl (C=O) groups excluding carboxylic acids is 1. The van der Waals surface area contributed by atoms with Gasteiger partial charge in [-0.3, -0.25) is 9.69 Å². The number of hydrogen-bond acceptors (Lipinski definition) is 7. The van der Waals surface area contributed by atoms with E-state index in [9.17, 15) is 9.18 Å². The van der Waals surface area contributed by atoms with Gasteiger partial charge in [0.1, 0.15) is 5.82 Å². The molecule has 1 amide bonds.